The molecule has 1 saturated heterocycles. The number of carbonyl (C=O) groups excluding carboxylic acids is 1. The van der Waals surface area contributed by atoms with E-state index in [2.05, 4.69) is 0 Å². The molecule has 5 heteroatoms. The molecule has 0 aromatic heterocycles. The number of hydrogen-bond donors (Lipinski definition) is 1. The molecule has 0 radical (unpaired) electrons. The summed E-state index contributed by atoms with van der Waals surface area (Å²) in [4.78, 5) is 25.6. The lowest BCUT2D eigenvalue weighted by Gasteiger charge is -2.19. The molecule has 2 rings (SSSR count). The molecule has 0 bridgehead atoms. The van der Waals surface area contributed by atoms with Crippen LogP contribution in [0.2, 0.25) is 0 Å². The van der Waals surface area contributed by atoms with Crippen LogP contribution in [0, 0.1) is 0 Å². The van der Waals surface area contributed by atoms with Crippen LogP contribution in [0.3, 0.4) is 0 Å². The Morgan fingerprint density at radius 3 is 2.38 bits per heavy atom. The van der Waals surface area contributed by atoms with Crippen molar-refractivity contribution in [1.29, 1.82) is 0 Å². The molecule has 1 amide bonds. The van der Waals surface area contributed by atoms with Crippen molar-refractivity contribution in [3.8, 4) is 0 Å². The van der Waals surface area contributed by atoms with Gasteiger partial charge in [0.1, 0.15) is 0 Å². The lowest BCUT2D eigenvalue weighted by atomic mass is 10.2. The Labute approximate surface area is 147 Å². The maximum absolute atomic E-state index is 12.2. The van der Waals surface area contributed by atoms with E-state index in [0.29, 0.717) is 0 Å². The Bertz CT molecular complexity index is 602. The van der Waals surface area contributed by atoms with Gasteiger partial charge in [0.2, 0.25) is 5.91 Å². The second kappa shape index (κ2) is 9.98. The van der Waals surface area contributed by atoms with Crippen molar-refractivity contribution in [2.24, 2.45) is 0 Å². The van der Waals surface area contributed by atoms with E-state index in [4.69, 9.17) is 0 Å². The first-order valence-corrected chi connectivity index (χ1v) is 9.22. The Kier molecular flexibility index (Phi) is 7.62. The fourth-order valence-electron chi connectivity index (χ4n) is 2.54. The number of carboxylic acid groups (broad SMARTS) is 1. The van der Waals surface area contributed by atoms with Gasteiger partial charge in [-0.15, -0.1) is 11.8 Å². The Morgan fingerprint density at radius 2 is 1.75 bits per heavy atom. The van der Waals surface area contributed by atoms with Gasteiger partial charge in [0.25, 0.3) is 0 Å². The van der Waals surface area contributed by atoms with Crippen molar-refractivity contribution in [3.05, 3.63) is 53.0 Å². The average molecular weight is 345 g/mol. The monoisotopic (exact) mass is 345 g/mol. The third kappa shape index (κ3) is 6.24. The third-order valence-electron chi connectivity index (χ3n) is 3.86. The fraction of sp³-hybridized carbons (Fsp3) is 0.368. The molecule has 128 valence electrons. The van der Waals surface area contributed by atoms with Crippen molar-refractivity contribution >= 4 is 29.7 Å². The predicted octanol–water partition coefficient (Wildman–Crippen LogP) is 3.80. The number of aliphatic carboxylic acids is 1. The van der Waals surface area contributed by atoms with Crippen LogP contribution in [0.15, 0.2) is 47.4 Å². The van der Waals surface area contributed by atoms with Crippen molar-refractivity contribution in [2.75, 3.05) is 18.8 Å². The molecular weight excluding hydrogens is 322 g/mol. The Morgan fingerprint density at radius 1 is 1.08 bits per heavy atom. The van der Waals surface area contributed by atoms with E-state index in [1.165, 1.54) is 12.8 Å². The number of thioether (sulfide) groups is 1. The lowest BCUT2D eigenvalue weighted by Crippen LogP contribution is -2.33. The van der Waals surface area contributed by atoms with Gasteiger partial charge in [0.05, 0.1) is 10.7 Å². The largest absolute Gasteiger partial charge is 0.477 e. The highest BCUT2D eigenvalue weighted by Crippen LogP contribution is 2.18. The molecule has 0 atom stereocenters. The molecule has 0 saturated carbocycles. The minimum Gasteiger partial charge on any atom is -0.477 e. The van der Waals surface area contributed by atoms with Gasteiger partial charge >= 0.3 is 5.97 Å². The predicted molar refractivity (Wildman–Crippen MR) is 98.7 cm³/mol. The second-order valence-corrected chi connectivity index (χ2v) is 6.71. The smallest absolute Gasteiger partial charge is 0.342 e. The van der Waals surface area contributed by atoms with E-state index in [9.17, 15) is 14.7 Å². The van der Waals surface area contributed by atoms with Crippen molar-refractivity contribution in [3.63, 3.8) is 0 Å². The highest BCUT2D eigenvalue weighted by atomic mass is 32.2. The van der Waals surface area contributed by atoms with Crippen molar-refractivity contribution in [1.82, 2.24) is 4.90 Å². The third-order valence-corrected chi connectivity index (χ3v) is 4.87. The first-order chi connectivity index (χ1) is 11.7. The van der Waals surface area contributed by atoms with E-state index < -0.39 is 5.97 Å². The van der Waals surface area contributed by atoms with Crippen molar-refractivity contribution < 1.29 is 14.7 Å². The van der Waals surface area contributed by atoms with Crippen LogP contribution in [0.25, 0.3) is 6.08 Å². The molecule has 0 aliphatic carbocycles. The van der Waals surface area contributed by atoms with E-state index in [1.807, 2.05) is 41.3 Å². The summed E-state index contributed by atoms with van der Waals surface area (Å²) in [6.07, 6.45) is 9.52. The summed E-state index contributed by atoms with van der Waals surface area (Å²) in [6.45, 7) is 1.58. The standard InChI is InChI=1S/C19H23NO3S/c21-18(20-13-6-1-2-7-14-20)15-24-17(19(22)23)12-8-11-16-9-4-3-5-10-16/h3-5,8-12H,1-2,6-7,13-15H2,(H,22,23)/b11-8+,17-12+. The van der Waals surface area contributed by atoms with Crippen LogP contribution in [0.1, 0.15) is 31.2 Å². The number of allylic oxidation sites excluding steroid dienone is 2. The average Bonchev–Trinajstić information content (AvgIpc) is 2.87. The molecule has 0 unspecified atom stereocenters. The summed E-state index contributed by atoms with van der Waals surface area (Å²) in [5.74, 6) is -0.792. The summed E-state index contributed by atoms with van der Waals surface area (Å²) in [6, 6.07) is 9.67. The van der Waals surface area contributed by atoms with E-state index >= 15 is 0 Å². The maximum atomic E-state index is 12.2. The zero-order valence-electron chi connectivity index (χ0n) is 13.7. The van der Waals surface area contributed by atoms with Crippen LogP contribution >= 0.6 is 11.8 Å². The number of carbonyl (C=O) groups is 2. The zero-order chi connectivity index (χ0) is 17.2. The summed E-state index contributed by atoms with van der Waals surface area (Å²) < 4.78 is 0. The van der Waals surface area contributed by atoms with E-state index in [-0.39, 0.29) is 16.6 Å². The molecule has 1 aliphatic rings. The molecule has 1 aromatic carbocycles. The summed E-state index contributed by atoms with van der Waals surface area (Å²) in [5.41, 5.74) is 1.00. The van der Waals surface area contributed by atoms with Crippen LogP contribution in [0.4, 0.5) is 0 Å². The lowest BCUT2D eigenvalue weighted by molar-refractivity contribution is -0.131. The minimum atomic E-state index is -0.999. The Hall–Kier alpha value is -2.01. The van der Waals surface area contributed by atoms with Crippen molar-refractivity contribution in [2.45, 2.75) is 25.7 Å². The first-order valence-electron chi connectivity index (χ1n) is 8.24. The zero-order valence-corrected chi connectivity index (χ0v) is 14.5. The van der Waals surface area contributed by atoms with Gasteiger partial charge in [-0.25, -0.2) is 4.79 Å². The highest BCUT2D eigenvalue weighted by Gasteiger charge is 2.17. The minimum absolute atomic E-state index is 0.0288. The Balaban J connectivity index is 1.90. The van der Waals surface area contributed by atoms with Gasteiger partial charge < -0.3 is 10.0 Å². The van der Waals surface area contributed by atoms with Crippen LogP contribution in [-0.2, 0) is 9.59 Å². The molecule has 4 nitrogen and oxygen atoms in total. The van der Waals surface area contributed by atoms with Gasteiger partial charge in [-0.2, -0.15) is 0 Å². The normalized spacial score (nSPS) is 16.2. The second-order valence-electron chi connectivity index (χ2n) is 5.69. The number of hydrogen-bond acceptors (Lipinski definition) is 3. The fourth-order valence-corrected chi connectivity index (χ4v) is 3.30. The molecular formula is C19H23NO3S. The van der Waals surface area contributed by atoms with Gasteiger partial charge in [0, 0.05) is 13.1 Å². The molecule has 1 N–H and O–H groups in total. The van der Waals surface area contributed by atoms with Gasteiger partial charge in [-0.3, -0.25) is 4.79 Å². The quantitative estimate of drug-likeness (QED) is 0.629. The number of benzene rings is 1. The SMILES string of the molecule is O=C(O)/C(=C\C=C\c1ccccc1)SCC(=O)N1CCCCCC1. The van der Waals surface area contributed by atoms with Gasteiger partial charge in [0.15, 0.2) is 0 Å². The van der Waals surface area contributed by atoms with Gasteiger partial charge in [-0.05, 0) is 24.5 Å². The van der Waals surface area contributed by atoms with E-state index in [1.54, 1.807) is 12.2 Å². The van der Waals surface area contributed by atoms with Crippen LogP contribution in [0.5, 0.6) is 0 Å². The maximum Gasteiger partial charge on any atom is 0.342 e. The molecule has 24 heavy (non-hydrogen) atoms. The number of amides is 1. The topological polar surface area (TPSA) is 57.6 Å². The van der Waals surface area contributed by atoms with E-state index in [0.717, 1.165) is 43.3 Å². The number of rotatable bonds is 6. The van der Waals surface area contributed by atoms with Crippen LogP contribution in [-0.4, -0.2) is 40.7 Å². The number of carboxylic acids is 1. The summed E-state index contributed by atoms with van der Waals surface area (Å²) in [7, 11) is 0. The first kappa shape index (κ1) is 18.3. The molecule has 1 heterocycles. The highest BCUT2D eigenvalue weighted by molar-refractivity contribution is 8.04. The van der Waals surface area contributed by atoms with Gasteiger partial charge in [-0.1, -0.05) is 55.3 Å². The number of nitrogens with zero attached hydrogens (tertiary/aromatic N) is 1. The molecule has 1 aromatic rings. The van der Waals surface area contributed by atoms with Crippen LogP contribution < -0.4 is 0 Å². The molecule has 1 aliphatic heterocycles. The summed E-state index contributed by atoms with van der Waals surface area (Å²) >= 11 is 1.09. The molecule has 0 spiro atoms. The summed E-state index contributed by atoms with van der Waals surface area (Å²) in [5, 5.41) is 9.29. The number of likely N-dealkylation sites (tertiary alicyclic amines) is 1. The molecule has 1 fully saturated rings.